The van der Waals surface area contributed by atoms with Gasteiger partial charge in [0.1, 0.15) is 13.1 Å². The van der Waals surface area contributed by atoms with Crippen molar-refractivity contribution in [3.8, 4) is 0 Å². The van der Waals surface area contributed by atoms with Gasteiger partial charge in [-0.1, -0.05) is 31.9 Å². The van der Waals surface area contributed by atoms with Crippen LogP contribution in [-0.4, -0.2) is 43.1 Å². The molecule has 0 saturated carbocycles. The molecule has 0 fully saturated rings. The fourth-order valence-electron chi connectivity index (χ4n) is 2.16. The molecule has 8 nitrogen and oxygen atoms in total. The number of carbonyl (C=O) groups is 4. The number of nitrogens with two attached hydrogens (primary N) is 2. The Morgan fingerprint density at radius 3 is 2.26 bits per heavy atom. The van der Waals surface area contributed by atoms with E-state index in [1.807, 2.05) is 25.0 Å². The van der Waals surface area contributed by atoms with Crippen LogP contribution >= 0.6 is 0 Å². The number of para-hydroxylation sites is 2. The lowest BCUT2D eigenvalue weighted by molar-refractivity contribution is -0.137. The van der Waals surface area contributed by atoms with E-state index in [1.54, 1.807) is 18.0 Å². The first-order chi connectivity index (χ1) is 12.8. The van der Waals surface area contributed by atoms with Crippen molar-refractivity contribution in [2.24, 2.45) is 5.73 Å². The lowest BCUT2D eigenvalue weighted by Gasteiger charge is -2.26. The first kappa shape index (κ1) is 26.3. The van der Waals surface area contributed by atoms with Gasteiger partial charge in [0, 0.05) is 19.9 Å². The molecule has 1 amide bonds. The number of hydrogen-bond acceptors (Lipinski definition) is 6. The van der Waals surface area contributed by atoms with Crippen LogP contribution in [0.3, 0.4) is 0 Å². The van der Waals surface area contributed by atoms with Gasteiger partial charge >= 0.3 is 5.97 Å². The van der Waals surface area contributed by atoms with Gasteiger partial charge in [0.25, 0.3) is 0 Å². The standard InChI is InChI=1S/C12H17N3O2.C6H12O2.CH2O/c1-15(9(8-16)6-7-12(14)17)11-5-3-2-4-10(11)13;1-2-3-4-5-6(7)8;1-2/h2-5,8-9H,6-7,13H2,1H3,(H2,14,17);2-5H2,1H3,(H,7,8);1H2. The van der Waals surface area contributed by atoms with Gasteiger partial charge in [0.15, 0.2) is 0 Å². The average molecular weight is 381 g/mol. The van der Waals surface area contributed by atoms with Gasteiger partial charge in [-0.2, -0.15) is 0 Å². The third-order valence-corrected chi connectivity index (χ3v) is 3.65. The molecular weight excluding hydrogens is 350 g/mol. The number of likely N-dealkylation sites (N-methyl/N-ethyl adjacent to an activating group) is 1. The molecule has 0 bridgehead atoms. The molecule has 152 valence electrons. The van der Waals surface area contributed by atoms with Crippen molar-refractivity contribution in [1.82, 2.24) is 0 Å². The Labute approximate surface area is 160 Å². The van der Waals surface area contributed by atoms with Crippen LogP contribution in [0.2, 0.25) is 0 Å². The Morgan fingerprint density at radius 2 is 1.81 bits per heavy atom. The van der Waals surface area contributed by atoms with Crippen LogP contribution in [0, 0.1) is 0 Å². The lowest BCUT2D eigenvalue weighted by Crippen LogP contribution is -2.34. The van der Waals surface area contributed by atoms with Crippen LogP contribution < -0.4 is 16.4 Å². The largest absolute Gasteiger partial charge is 0.481 e. The zero-order valence-corrected chi connectivity index (χ0v) is 16.1. The van der Waals surface area contributed by atoms with Crippen LogP contribution in [0.4, 0.5) is 11.4 Å². The minimum Gasteiger partial charge on any atom is -0.481 e. The summed E-state index contributed by atoms with van der Waals surface area (Å²) in [7, 11) is 1.77. The number of nitrogens with zero attached hydrogens (tertiary/aromatic N) is 1. The normalized spacial score (nSPS) is 10.3. The maximum absolute atomic E-state index is 11.0. The van der Waals surface area contributed by atoms with Crippen molar-refractivity contribution in [2.75, 3.05) is 17.7 Å². The number of aldehydes is 1. The van der Waals surface area contributed by atoms with Gasteiger partial charge in [-0.25, -0.2) is 0 Å². The molecule has 1 aromatic rings. The van der Waals surface area contributed by atoms with Crippen molar-refractivity contribution in [1.29, 1.82) is 0 Å². The fraction of sp³-hybridized carbons (Fsp3) is 0.474. The molecule has 1 atom stereocenters. The maximum atomic E-state index is 11.0. The first-order valence-corrected chi connectivity index (χ1v) is 8.65. The van der Waals surface area contributed by atoms with E-state index in [0.717, 1.165) is 31.2 Å². The molecule has 0 aromatic heterocycles. The van der Waals surface area contributed by atoms with E-state index in [9.17, 15) is 14.4 Å². The molecule has 0 radical (unpaired) electrons. The highest BCUT2D eigenvalue weighted by Gasteiger charge is 2.16. The van der Waals surface area contributed by atoms with Crippen molar-refractivity contribution in [3.63, 3.8) is 0 Å². The van der Waals surface area contributed by atoms with Gasteiger partial charge in [0.2, 0.25) is 5.91 Å². The number of anilines is 2. The summed E-state index contributed by atoms with van der Waals surface area (Å²) in [4.78, 5) is 41.3. The number of amides is 1. The molecule has 0 heterocycles. The first-order valence-electron chi connectivity index (χ1n) is 8.65. The topological polar surface area (TPSA) is 144 Å². The minimum atomic E-state index is -0.682. The van der Waals surface area contributed by atoms with Gasteiger partial charge < -0.3 is 31.1 Å². The third kappa shape index (κ3) is 13.0. The molecule has 0 aliphatic carbocycles. The second-order valence-corrected chi connectivity index (χ2v) is 5.73. The molecule has 1 unspecified atom stereocenters. The van der Waals surface area contributed by atoms with Crippen LogP contribution in [0.5, 0.6) is 0 Å². The number of carbonyl (C=O) groups excluding carboxylic acids is 3. The van der Waals surface area contributed by atoms with E-state index in [-0.39, 0.29) is 6.42 Å². The summed E-state index contributed by atoms with van der Waals surface area (Å²) in [5.41, 5.74) is 12.3. The molecule has 8 heteroatoms. The smallest absolute Gasteiger partial charge is 0.303 e. The quantitative estimate of drug-likeness (QED) is 0.319. The number of carboxylic acids is 1. The summed E-state index contributed by atoms with van der Waals surface area (Å²) in [5.74, 6) is -1.09. The Hall–Kier alpha value is -2.90. The van der Waals surface area contributed by atoms with Crippen LogP contribution in [0.25, 0.3) is 0 Å². The van der Waals surface area contributed by atoms with Gasteiger partial charge in [-0.15, -0.1) is 0 Å². The number of benzene rings is 1. The molecule has 1 rings (SSSR count). The fourth-order valence-corrected chi connectivity index (χ4v) is 2.16. The molecule has 0 aliphatic rings. The number of hydrogen-bond donors (Lipinski definition) is 3. The lowest BCUT2D eigenvalue weighted by atomic mass is 10.1. The summed E-state index contributed by atoms with van der Waals surface area (Å²) >= 11 is 0. The summed E-state index contributed by atoms with van der Waals surface area (Å²) in [6.45, 7) is 4.06. The van der Waals surface area contributed by atoms with Gasteiger partial charge in [0.05, 0.1) is 17.4 Å². The monoisotopic (exact) mass is 381 g/mol. The SMILES string of the molecule is C=O.CCCCCC(=O)O.CN(c1ccccc1N)C(C=O)CCC(N)=O. The van der Waals surface area contributed by atoms with Gasteiger partial charge in [-0.3, -0.25) is 9.59 Å². The zero-order chi connectivity index (χ0) is 21.2. The Kier molecular flexibility index (Phi) is 16.2. The Bertz CT molecular complexity index is 566. The second-order valence-electron chi connectivity index (χ2n) is 5.73. The summed E-state index contributed by atoms with van der Waals surface area (Å²) in [5, 5.41) is 8.14. The van der Waals surface area contributed by atoms with E-state index in [4.69, 9.17) is 21.4 Å². The highest BCUT2D eigenvalue weighted by atomic mass is 16.4. The molecule has 27 heavy (non-hydrogen) atoms. The molecular formula is C19H31N3O5. The van der Waals surface area contributed by atoms with E-state index >= 15 is 0 Å². The molecule has 0 spiro atoms. The Balaban J connectivity index is 0. The summed E-state index contributed by atoms with van der Waals surface area (Å²) in [6, 6.07) is 6.87. The summed E-state index contributed by atoms with van der Waals surface area (Å²) in [6.07, 6.45) is 4.65. The van der Waals surface area contributed by atoms with Crippen LogP contribution in [0.1, 0.15) is 45.4 Å². The number of nitrogen functional groups attached to an aromatic ring is 1. The van der Waals surface area contributed by atoms with Crippen LogP contribution in [0.15, 0.2) is 24.3 Å². The molecule has 0 saturated heterocycles. The molecule has 0 aliphatic heterocycles. The van der Waals surface area contributed by atoms with Crippen molar-refractivity contribution in [3.05, 3.63) is 24.3 Å². The van der Waals surface area contributed by atoms with E-state index in [0.29, 0.717) is 18.5 Å². The Morgan fingerprint density at radius 1 is 1.22 bits per heavy atom. The van der Waals surface area contributed by atoms with Crippen molar-refractivity contribution >= 4 is 36.3 Å². The second kappa shape index (κ2) is 16.6. The molecule has 5 N–H and O–H groups in total. The minimum absolute atomic E-state index is 0.181. The number of primary amides is 1. The predicted molar refractivity (Wildman–Crippen MR) is 106 cm³/mol. The zero-order valence-electron chi connectivity index (χ0n) is 16.1. The summed E-state index contributed by atoms with van der Waals surface area (Å²) < 4.78 is 0. The van der Waals surface area contributed by atoms with Gasteiger partial charge in [-0.05, 0) is 25.0 Å². The van der Waals surface area contributed by atoms with E-state index in [1.165, 1.54) is 0 Å². The number of aliphatic carboxylic acids is 1. The molecule has 1 aromatic carbocycles. The van der Waals surface area contributed by atoms with Crippen molar-refractivity contribution < 1.29 is 24.3 Å². The third-order valence-electron chi connectivity index (χ3n) is 3.65. The van der Waals surface area contributed by atoms with Crippen molar-refractivity contribution in [2.45, 2.75) is 51.5 Å². The number of rotatable bonds is 10. The average Bonchev–Trinajstić information content (AvgIpc) is 2.64. The maximum Gasteiger partial charge on any atom is 0.303 e. The highest BCUT2D eigenvalue weighted by Crippen LogP contribution is 2.23. The predicted octanol–water partition coefficient (Wildman–Crippen LogP) is 2.00. The van der Waals surface area contributed by atoms with E-state index < -0.39 is 17.9 Å². The highest BCUT2D eigenvalue weighted by molar-refractivity contribution is 5.76. The van der Waals surface area contributed by atoms with Crippen LogP contribution in [-0.2, 0) is 19.2 Å². The number of carboxylic acid groups (broad SMARTS) is 1. The van der Waals surface area contributed by atoms with E-state index in [2.05, 4.69) is 6.92 Å². The number of unbranched alkanes of at least 4 members (excludes halogenated alkanes) is 2.